The SMILES string of the molecule is Cc1ccc(S(=O)(=O)NCC[NH3+])cc1. The van der Waals surface area contributed by atoms with E-state index in [2.05, 4.69) is 10.5 Å². The Bertz CT molecular complexity index is 384. The van der Waals surface area contributed by atoms with E-state index in [9.17, 15) is 8.42 Å². The molecule has 1 aromatic rings. The zero-order valence-corrected chi connectivity index (χ0v) is 8.97. The van der Waals surface area contributed by atoms with E-state index in [0.29, 0.717) is 18.0 Å². The van der Waals surface area contributed by atoms with Gasteiger partial charge in [-0.2, -0.15) is 0 Å². The molecule has 0 atom stereocenters. The van der Waals surface area contributed by atoms with Gasteiger partial charge in [-0.15, -0.1) is 0 Å². The van der Waals surface area contributed by atoms with E-state index in [1.165, 1.54) is 0 Å². The predicted octanol–water partition coefficient (Wildman–Crippen LogP) is -0.485. The molecule has 0 heterocycles. The first-order valence-electron chi connectivity index (χ1n) is 4.42. The topological polar surface area (TPSA) is 73.8 Å². The summed E-state index contributed by atoms with van der Waals surface area (Å²) in [6, 6.07) is 6.75. The lowest BCUT2D eigenvalue weighted by molar-refractivity contribution is -0.364. The van der Waals surface area contributed by atoms with E-state index in [1.54, 1.807) is 24.3 Å². The molecule has 14 heavy (non-hydrogen) atoms. The van der Waals surface area contributed by atoms with Gasteiger partial charge in [-0.1, -0.05) is 17.7 Å². The lowest BCUT2D eigenvalue weighted by Crippen LogP contribution is -2.54. The second-order valence-corrected chi connectivity index (χ2v) is 4.83. The van der Waals surface area contributed by atoms with Crippen LogP contribution < -0.4 is 10.5 Å². The lowest BCUT2D eigenvalue weighted by atomic mass is 10.2. The molecule has 1 rings (SSSR count). The van der Waals surface area contributed by atoms with Gasteiger partial charge >= 0.3 is 0 Å². The van der Waals surface area contributed by atoms with Crippen molar-refractivity contribution >= 4 is 10.0 Å². The Morgan fingerprint density at radius 3 is 2.36 bits per heavy atom. The molecule has 0 radical (unpaired) electrons. The Balaban J connectivity index is 2.87. The van der Waals surface area contributed by atoms with Gasteiger partial charge in [0.15, 0.2) is 0 Å². The Labute approximate surface area is 84.2 Å². The molecule has 0 aromatic heterocycles. The van der Waals surface area contributed by atoms with Crippen molar-refractivity contribution in [3.63, 3.8) is 0 Å². The summed E-state index contributed by atoms with van der Waals surface area (Å²) >= 11 is 0. The van der Waals surface area contributed by atoms with E-state index < -0.39 is 10.0 Å². The van der Waals surface area contributed by atoms with E-state index in [1.807, 2.05) is 6.92 Å². The van der Waals surface area contributed by atoms with E-state index >= 15 is 0 Å². The van der Waals surface area contributed by atoms with Gasteiger partial charge in [0.1, 0.15) is 0 Å². The summed E-state index contributed by atoms with van der Waals surface area (Å²) < 4.78 is 25.6. The van der Waals surface area contributed by atoms with Crippen molar-refractivity contribution in [3.05, 3.63) is 29.8 Å². The lowest BCUT2D eigenvalue weighted by Gasteiger charge is -2.04. The van der Waals surface area contributed by atoms with E-state index in [-0.39, 0.29) is 0 Å². The fourth-order valence-corrected chi connectivity index (χ4v) is 2.08. The molecule has 0 aliphatic heterocycles. The minimum absolute atomic E-state index is 0.302. The average molecular weight is 215 g/mol. The standard InChI is InChI=1S/C9H14N2O2S/c1-8-2-4-9(5-3-8)14(12,13)11-7-6-10/h2-5,11H,6-7,10H2,1H3/p+1. The highest BCUT2D eigenvalue weighted by atomic mass is 32.2. The smallest absolute Gasteiger partial charge is 0.240 e. The largest absolute Gasteiger partial charge is 0.356 e. The minimum Gasteiger partial charge on any atom is -0.356 e. The summed E-state index contributed by atoms with van der Waals surface area (Å²) in [6.45, 7) is 2.83. The van der Waals surface area contributed by atoms with Crippen LogP contribution in [-0.2, 0) is 10.0 Å². The summed E-state index contributed by atoms with van der Waals surface area (Å²) in [5.74, 6) is 0. The molecule has 0 aliphatic carbocycles. The first-order chi connectivity index (χ1) is 6.56. The zero-order chi connectivity index (χ0) is 10.6. The van der Waals surface area contributed by atoms with E-state index in [0.717, 1.165) is 5.56 Å². The van der Waals surface area contributed by atoms with Gasteiger partial charge in [-0.3, -0.25) is 0 Å². The monoisotopic (exact) mass is 215 g/mol. The van der Waals surface area contributed by atoms with Gasteiger partial charge < -0.3 is 5.73 Å². The van der Waals surface area contributed by atoms with E-state index in [4.69, 9.17) is 0 Å². The summed E-state index contributed by atoms with van der Waals surface area (Å²) in [4.78, 5) is 0.302. The molecule has 0 spiro atoms. The molecule has 78 valence electrons. The van der Waals surface area contributed by atoms with Crippen molar-refractivity contribution in [1.29, 1.82) is 0 Å². The molecule has 0 saturated heterocycles. The first-order valence-corrected chi connectivity index (χ1v) is 5.90. The second-order valence-electron chi connectivity index (χ2n) is 3.06. The summed E-state index contributed by atoms with van der Waals surface area (Å²) in [5, 5.41) is 0. The zero-order valence-electron chi connectivity index (χ0n) is 8.16. The molecule has 0 bridgehead atoms. The maximum Gasteiger partial charge on any atom is 0.240 e. The highest BCUT2D eigenvalue weighted by Gasteiger charge is 2.11. The molecule has 0 fully saturated rings. The minimum atomic E-state index is -3.33. The quantitative estimate of drug-likeness (QED) is 0.711. The number of aryl methyl sites for hydroxylation is 1. The van der Waals surface area contributed by atoms with Crippen LogP contribution in [0.1, 0.15) is 5.56 Å². The maximum atomic E-state index is 11.6. The van der Waals surface area contributed by atoms with Crippen molar-refractivity contribution in [1.82, 2.24) is 4.72 Å². The maximum absolute atomic E-state index is 11.6. The number of sulfonamides is 1. The van der Waals surface area contributed by atoms with Crippen LogP contribution in [0.3, 0.4) is 0 Å². The van der Waals surface area contributed by atoms with Crippen LogP contribution in [0.15, 0.2) is 29.2 Å². The van der Waals surface area contributed by atoms with Crippen LogP contribution in [0.5, 0.6) is 0 Å². The summed E-state index contributed by atoms with van der Waals surface area (Å²) in [7, 11) is -3.33. The number of rotatable bonds is 4. The van der Waals surface area contributed by atoms with Crippen LogP contribution >= 0.6 is 0 Å². The summed E-state index contributed by atoms with van der Waals surface area (Å²) in [6.07, 6.45) is 0. The second kappa shape index (κ2) is 4.54. The molecule has 4 N–H and O–H groups in total. The van der Waals surface area contributed by atoms with Gasteiger partial charge in [0.2, 0.25) is 10.0 Å². The molecule has 0 saturated carbocycles. The summed E-state index contributed by atoms with van der Waals surface area (Å²) in [5.41, 5.74) is 4.61. The third-order valence-corrected chi connectivity index (χ3v) is 3.28. The Morgan fingerprint density at radius 1 is 1.29 bits per heavy atom. The van der Waals surface area contributed by atoms with Gasteiger partial charge in [-0.05, 0) is 19.1 Å². The molecular weight excluding hydrogens is 200 g/mol. The normalized spacial score (nSPS) is 11.6. The average Bonchev–Trinajstić information content (AvgIpc) is 2.16. The van der Waals surface area contributed by atoms with Gasteiger partial charge in [0.25, 0.3) is 0 Å². The third kappa shape index (κ3) is 2.80. The van der Waals surface area contributed by atoms with Crippen molar-refractivity contribution in [3.8, 4) is 0 Å². The van der Waals surface area contributed by atoms with Crippen LogP contribution in [-0.4, -0.2) is 21.5 Å². The molecule has 5 heteroatoms. The molecule has 1 aromatic carbocycles. The highest BCUT2D eigenvalue weighted by Crippen LogP contribution is 2.08. The van der Waals surface area contributed by atoms with Crippen LogP contribution in [0.4, 0.5) is 0 Å². The number of benzene rings is 1. The molecule has 4 nitrogen and oxygen atoms in total. The van der Waals surface area contributed by atoms with Crippen molar-refractivity contribution in [2.45, 2.75) is 11.8 Å². The van der Waals surface area contributed by atoms with Crippen LogP contribution in [0, 0.1) is 6.92 Å². The number of hydrogen-bond acceptors (Lipinski definition) is 2. The van der Waals surface area contributed by atoms with Crippen molar-refractivity contribution in [2.75, 3.05) is 13.1 Å². The van der Waals surface area contributed by atoms with Gasteiger partial charge in [0, 0.05) is 0 Å². The molecular formula is C9H15N2O2S+. The van der Waals surface area contributed by atoms with Crippen molar-refractivity contribution in [2.24, 2.45) is 0 Å². The predicted molar refractivity (Wildman–Crippen MR) is 54.1 cm³/mol. The Kier molecular flexibility index (Phi) is 3.62. The number of nitrogens with one attached hydrogen (secondary N) is 1. The Hall–Kier alpha value is -0.910. The molecule has 0 unspecified atom stereocenters. The number of hydrogen-bond donors (Lipinski definition) is 2. The van der Waals surface area contributed by atoms with Gasteiger partial charge in [-0.25, -0.2) is 13.1 Å². The molecule has 0 aliphatic rings. The third-order valence-electron chi connectivity index (χ3n) is 1.80. The number of quaternary nitrogens is 1. The first kappa shape index (κ1) is 11.2. The Morgan fingerprint density at radius 2 is 1.86 bits per heavy atom. The fourth-order valence-electron chi connectivity index (χ4n) is 1.01. The van der Waals surface area contributed by atoms with Crippen molar-refractivity contribution < 1.29 is 14.2 Å². The van der Waals surface area contributed by atoms with Gasteiger partial charge in [0.05, 0.1) is 18.0 Å². The molecule has 0 amide bonds. The highest BCUT2D eigenvalue weighted by molar-refractivity contribution is 7.89. The fraction of sp³-hybridized carbons (Fsp3) is 0.333. The van der Waals surface area contributed by atoms with Crippen LogP contribution in [0.2, 0.25) is 0 Å². The van der Waals surface area contributed by atoms with Crippen LogP contribution in [0.25, 0.3) is 0 Å².